The van der Waals surface area contributed by atoms with Crippen LogP contribution in [0, 0.1) is 11.8 Å². The molecule has 1 saturated heterocycles. The van der Waals surface area contributed by atoms with Gasteiger partial charge in [-0.05, 0) is 61.8 Å². The van der Waals surface area contributed by atoms with Crippen molar-refractivity contribution in [1.82, 2.24) is 5.32 Å². The summed E-state index contributed by atoms with van der Waals surface area (Å²) in [6.07, 6.45) is 7.43. The van der Waals surface area contributed by atoms with E-state index in [1.54, 1.807) is 7.11 Å². The van der Waals surface area contributed by atoms with Crippen molar-refractivity contribution < 1.29 is 14.3 Å². The van der Waals surface area contributed by atoms with E-state index in [1.165, 1.54) is 5.56 Å². The lowest BCUT2D eigenvalue weighted by molar-refractivity contribution is -0.119. The average molecular weight is 464 g/mol. The predicted octanol–water partition coefficient (Wildman–Crippen LogP) is 4.65. The fourth-order valence-electron chi connectivity index (χ4n) is 5.19. The minimum Gasteiger partial charge on any atom is -0.383 e. The van der Waals surface area contributed by atoms with E-state index in [9.17, 15) is 9.59 Å². The topological polar surface area (TPSA) is 70.7 Å². The summed E-state index contributed by atoms with van der Waals surface area (Å²) < 4.78 is 5.09. The normalized spacial score (nSPS) is 17.0. The molecule has 0 radical (unpaired) electrons. The van der Waals surface area contributed by atoms with Crippen LogP contribution in [-0.2, 0) is 16.0 Å². The second-order valence-electron chi connectivity index (χ2n) is 9.57. The van der Waals surface area contributed by atoms with Gasteiger partial charge in [0, 0.05) is 44.0 Å². The number of anilines is 2. The van der Waals surface area contributed by atoms with Gasteiger partial charge in [0.05, 0.1) is 12.2 Å². The third-order valence-electron chi connectivity index (χ3n) is 7.15. The van der Waals surface area contributed by atoms with Crippen molar-refractivity contribution in [3.05, 3.63) is 59.7 Å². The van der Waals surface area contributed by atoms with E-state index in [0.717, 1.165) is 63.7 Å². The molecule has 2 aromatic carbocycles. The molecule has 0 spiro atoms. The summed E-state index contributed by atoms with van der Waals surface area (Å²) in [5, 5.41) is 6.00. The summed E-state index contributed by atoms with van der Waals surface area (Å²) in [5.41, 5.74) is 3.63. The molecule has 182 valence electrons. The number of methoxy groups -OCH3 is 1. The molecule has 2 aromatic rings. The molecule has 0 bridgehead atoms. The molecule has 2 aliphatic rings. The van der Waals surface area contributed by atoms with E-state index >= 15 is 0 Å². The van der Waals surface area contributed by atoms with Gasteiger partial charge in [0.25, 0.3) is 5.91 Å². The summed E-state index contributed by atoms with van der Waals surface area (Å²) in [4.78, 5) is 28.0. The van der Waals surface area contributed by atoms with Gasteiger partial charge in [-0.15, -0.1) is 0 Å². The minimum atomic E-state index is -0.129. The molecule has 2 N–H and O–H groups in total. The number of carbonyl (C=O) groups excluding carboxylic acids is 2. The molecule has 34 heavy (non-hydrogen) atoms. The number of ether oxygens (including phenoxy) is 1. The Hall–Kier alpha value is -2.86. The van der Waals surface area contributed by atoms with Crippen molar-refractivity contribution in [2.24, 2.45) is 11.8 Å². The first-order valence-corrected chi connectivity index (χ1v) is 12.6. The highest BCUT2D eigenvalue weighted by Gasteiger charge is 2.25. The Morgan fingerprint density at radius 1 is 1.00 bits per heavy atom. The van der Waals surface area contributed by atoms with Crippen molar-refractivity contribution in [2.45, 2.75) is 44.9 Å². The van der Waals surface area contributed by atoms with Gasteiger partial charge in [0.1, 0.15) is 0 Å². The Morgan fingerprint density at radius 2 is 1.74 bits per heavy atom. The first-order valence-electron chi connectivity index (χ1n) is 12.6. The molecule has 0 aromatic heterocycles. The van der Waals surface area contributed by atoms with Gasteiger partial charge in [0.15, 0.2) is 0 Å². The van der Waals surface area contributed by atoms with Gasteiger partial charge in [-0.1, -0.05) is 43.2 Å². The molecular formula is C28H37N3O3. The highest BCUT2D eigenvalue weighted by molar-refractivity contribution is 6.02. The number of amides is 2. The number of benzene rings is 2. The van der Waals surface area contributed by atoms with E-state index in [2.05, 4.69) is 45.9 Å². The number of hydrogen-bond donors (Lipinski definition) is 2. The van der Waals surface area contributed by atoms with E-state index in [0.29, 0.717) is 30.3 Å². The first-order chi connectivity index (χ1) is 16.6. The maximum Gasteiger partial charge on any atom is 0.253 e. The zero-order valence-electron chi connectivity index (χ0n) is 20.2. The van der Waals surface area contributed by atoms with Crippen molar-refractivity contribution in [2.75, 3.05) is 43.6 Å². The molecule has 1 aliphatic heterocycles. The van der Waals surface area contributed by atoms with Crippen molar-refractivity contribution >= 4 is 23.2 Å². The summed E-state index contributed by atoms with van der Waals surface area (Å²) >= 11 is 0. The Labute approximate surface area is 203 Å². The number of nitrogens with one attached hydrogen (secondary N) is 2. The number of hydrogen-bond acceptors (Lipinski definition) is 4. The lowest BCUT2D eigenvalue weighted by atomic mass is 9.89. The van der Waals surface area contributed by atoms with Gasteiger partial charge in [-0.25, -0.2) is 0 Å². The fourth-order valence-corrected chi connectivity index (χ4v) is 5.19. The molecular weight excluding hydrogens is 426 g/mol. The molecule has 6 nitrogen and oxygen atoms in total. The lowest BCUT2D eigenvalue weighted by Crippen LogP contribution is -2.36. The SMILES string of the molecule is COCCNC(=O)c1cc(NC(=O)C2CCCC2)ccc1N1CCC(Cc2ccccc2)CC1. The molecule has 2 fully saturated rings. The van der Waals surface area contributed by atoms with Crippen molar-refractivity contribution in [3.63, 3.8) is 0 Å². The first kappa shape index (κ1) is 24.3. The van der Waals surface area contributed by atoms with Crippen LogP contribution in [0.25, 0.3) is 0 Å². The Bertz CT molecular complexity index is 949. The summed E-state index contributed by atoms with van der Waals surface area (Å²) in [6.45, 7) is 2.75. The van der Waals surface area contributed by atoms with Crippen molar-refractivity contribution in [1.29, 1.82) is 0 Å². The van der Waals surface area contributed by atoms with Crippen LogP contribution < -0.4 is 15.5 Å². The zero-order chi connectivity index (χ0) is 23.8. The Morgan fingerprint density at radius 3 is 2.44 bits per heavy atom. The van der Waals surface area contributed by atoms with Crippen LogP contribution in [0.2, 0.25) is 0 Å². The number of rotatable bonds is 9. The molecule has 1 aliphatic carbocycles. The maximum absolute atomic E-state index is 13.1. The van der Waals surface area contributed by atoms with Crippen LogP contribution >= 0.6 is 0 Å². The minimum absolute atomic E-state index is 0.0673. The average Bonchev–Trinajstić information content (AvgIpc) is 3.41. The maximum atomic E-state index is 13.1. The monoisotopic (exact) mass is 463 g/mol. The largest absolute Gasteiger partial charge is 0.383 e. The predicted molar refractivity (Wildman–Crippen MR) is 136 cm³/mol. The van der Waals surface area contributed by atoms with Crippen LogP contribution in [0.3, 0.4) is 0 Å². The second kappa shape index (κ2) is 12.0. The summed E-state index contributed by atoms with van der Waals surface area (Å²) in [6, 6.07) is 16.4. The van der Waals surface area contributed by atoms with Crippen LogP contribution in [0.15, 0.2) is 48.5 Å². The molecule has 0 unspecified atom stereocenters. The molecule has 0 atom stereocenters. The fraction of sp³-hybridized carbons (Fsp3) is 0.500. The molecule has 4 rings (SSSR count). The standard InChI is InChI=1S/C28H37N3O3/c1-34-18-15-29-28(33)25-20-24(30-27(32)23-9-5-6-10-23)11-12-26(25)31-16-13-22(14-17-31)19-21-7-3-2-4-8-21/h2-4,7-8,11-12,20,22-23H,5-6,9-10,13-19H2,1H3,(H,29,33)(H,30,32). The van der Waals surface area contributed by atoms with Gasteiger partial charge < -0.3 is 20.3 Å². The van der Waals surface area contributed by atoms with Crippen LogP contribution in [0.1, 0.15) is 54.4 Å². The van der Waals surface area contributed by atoms with Crippen molar-refractivity contribution in [3.8, 4) is 0 Å². The number of piperidine rings is 1. The van der Waals surface area contributed by atoms with E-state index in [4.69, 9.17) is 4.74 Å². The molecule has 6 heteroatoms. The van der Waals surface area contributed by atoms with Gasteiger partial charge in [-0.3, -0.25) is 9.59 Å². The van der Waals surface area contributed by atoms with Gasteiger partial charge >= 0.3 is 0 Å². The quantitative estimate of drug-likeness (QED) is 0.531. The third kappa shape index (κ3) is 6.38. The van der Waals surface area contributed by atoms with Gasteiger partial charge in [0.2, 0.25) is 5.91 Å². The highest BCUT2D eigenvalue weighted by atomic mass is 16.5. The van der Waals surface area contributed by atoms with E-state index < -0.39 is 0 Å². The molecule has 1 heterocycles. The van der Waals surface area contributed by atoms with Crippen LogP contribution in [0.4, 0.5) is 11.4 Å². The Kier molecular flexibility index (Phi) is 8.58. The van der Waals surface area contributed by atoms with E-state index in [-0.39, 0.29) is 17.7 Å². The number of carbonyl (C=O) groups is 2. The lowest BCUT2D eigenvalue weighted by Gasteiger charge is -2.35. The zero-order valence-corrected chi connectivity index (χ0v) is 20.2. The second-order valence-corrected chi connectivity index (χ2v) is 9.57. The van der Waals surface area contributed by atoms with Crippen LogP contribution in [-0.4, -0.2) is 45.2 Å². The van der Waals surface area contributed by atoms with Crippen LogP contribution in [0.5, 0.6) is 0 Å². The summed E-state index contributed by atoms with van der Waals surface area (Å²) in [7, 11) is 1.62. The third-order valence-corrected chi connectivity index (χ3v) is 7.15. The smallest absolute Gasteiger partial charge is 0.253 e. The molecule has 2 amide bonds. The van der Waals surface area contributed by atoms with E-state index in [1.807, 2.05) is 18.2 Å². The molecule has 1 saturated carbocycles. The number of nitrogens with zero attached hydrogens (tertiary/aromatic N) is 1. The summed E-state index contributed by atoms with van der Waals surface area (Å²) in [5.74, 6) is 0.679. The Balaban J connectivity index is 1.45. The highest BCUT2D eigenvalue weighted by Crippen LogP contribution is 2.31. The van der Waals surface area contributed by atoms with Gasteiger partial charge in [-0.2, -0.15) is 0 Å².